The van der Waals surface area contributed by atoms with E-state index >= 15 is 0 Å². The lowest BCUT2D eigenvalue weighted by Crippen LogP contribution is -2.27. The fourth-order valence-electron chi connectivity index (χ4n) is 1.89. The number of carbonyl (C=O) groups excluding carboxylic acids is 1. The van der Waals surface area contributed by atoms with Crippen molar-refractivity contribution in [1.82, 2.24) is 0 Å². The molecule has 0 fully saturated rings. The Kier molecular flexibility index (Phi) is 5.74. The second-order valence-electron chi connectivity index (χ2n) is 6.27. The number of hydrogen-bond donors (Lipinski definition) is 2. The zero-order valence-corrected chi connectivity index (χ0v) is 16.4. The maximum Gasteiger partial charge on any atom is 0.412 e. The second kappa shape index (κ2) is 7.45. The molecule has 0 aromatic heterocycles. The minimum Gasteiger partial charge on any atom is -0.444 e. The van der Waals surface area contributed by atoms with E-state index in [1.807, 2.05) is 0 Å². The van der Waals surface area contributed by atoms with Crippen LogP contribution in [0.2, 0.25) is 0 Å². The number of sulfonamides is 1. The van der Waals surface area contributed by atoms with Crippen LogP contribution >= 0.6 is 15.9 Å². The average Bonchev–Trinajstić information content (AvgIpc) is 2.48. The quantitative estimate of drug-likeness (QED) is 0.747. The van der Waals surface area contributed by atoms with E-state index in [2.05, 4.69) is 26.0 Å². The smallest absolute Gasteiger partial charge is 0.412 e. The Morgan fingerprint density at radius 2 is 1.68 bits per heavy atom. The van der Waals surface area contributed by atoms with Gasteiger partial charge < -0.3 is 4.74 Å². The van der Waals surface area contributed by atoms with Gasteiger partial charge in [-0.3, -0.25) is 10.0 Å². The summed E-state index contributed by atoms with van der Waals surface area (Å²) in [5.74, 6) is 0. The second-order valence-corrected chi connectivity index (χ2v) is 8.87. The number of hydrogen-bond acceptors (Lipinski definition) is 4. The fraction of sp³-hybridized carbons (Fsp3) is 0.235. The highest BCUT2D eigenvalue weighted by molar-refractivity contribution is 9.10. The van der Waals surface area contributed by atoms with Gasteiger partial charge in [-0.2, -0.15) is 0 Å². The third-order valence-electron chi connectivity index (χ3n) is 2.89. The van der Waals surface area contributed by atoms with Crippen LogP contribution in [0, 0.1) is 0 Å². The number of halogens is 1. The van der Waals surface area contributed by atoms with E-state index in [9.17, 15) is 13.2 Å². The normalized spacial score (nSPS) is 11.7. The number of amides is 1. The van der Waals surface area contributed by atoms with Crippen molar-refractivity contribution in [3.63, 3.8) is 0 Å². The molecular weight excluding hydrogens is 408 g/mol. The Bertz CT molecular complexity index is 859. The summed E-state index contributed by atoms with van der Waals surface area (Å²) in [4.78, 5) is 11.8. The van der Waals surface area contributed by atoms with E-state index in [0.717, 1.165) is 4.47 Å². The number of nitrogens with one attached hydrogen (secondary N) is 2. The van der Waals surface area contributed by atoms with Gasteiger partial charge in [0.2, 0.25) is 0 Å². The topological polar surface area (TPSA) is 84.5 Å². The number of benzene rings is 2. The Morgan fingerprint density at radius 1 is 1.04 bits per heavy atom. The molecule has 0 saturated carbocycles. The number of carbonyl (C=O) groups is 1. The molecular formula is C17H19BrN2O4S. The summed E-state index contributed by atoms with van der Waals surface area (Å²) < 4.78 is 33.5. The molecule has 0 atom stereocenters. The Labute approximate surface area is 155 Å². The van der Waals surface area contributed by atoms with Crippen molar-refractivity contribution in [2.45, 2.75) is 31.3 Å². The summed E-state index contributed by atoms with van der Waals surface area (Å²) in [6.07, 6.45) is -0.650. The zero-order valence-electron chi connectivity index (χ0n) is 14.0. The van der Waals surface area contributed by atoms with Crippen LogP contribution in [-0.2, 0) is 14.8 Å². The predicted molar refractivity (Wildman–Crippen MR) is 101 cm³/mol. The molecule has 0 heterocycles. The predicted octanol–water partition coefficient (Wildman–Crippen LogP) is 4.60. The minimum absolute atomic E-state index is 0.0315. The molecule has 0 unspecified atom stereocenters. The molecule has 0 aliphatic rings. The van der Waals surface area contributed by atoms with Gasteiger partial charge in [-0.1, -0.05) is 22.0 Å². The maximum atomic E-state index is 12.5. The van der Waals surface area contributed by atoms with Crippen LogP contribution in [0.25, 0.3) is 0 Å². The van der Waals surface area contributed by atoms with E-state index in [1.54, 1.807) is 57.2 Å². The van der Waals surface area contributed by atoms with Gasteiger partial charge in [0.1, 0.15) is 5.60 Å². The number of anilines is 2. The monoisotopic (exact) mass is 426 g/mol. The summed E-state index contributed by atoms with van der Waals surface area (Å²) in [5, 5.41) is 2.52. The van der Waals surface area contributed by atoms with E-state index < -0.39 is 21.7 Å². The van der Waals surface area contributed by atoms with Crippen LogP contribution in [0.15, 0.2) is 57.9 Å². The standard InChI is InChI=1S/C17H19BrN2O4S/c1-17(2,3)24-16(21)19-14-5-4-6-15(11-14)25(22,23)20-13-9-7-12(18)8-10-13/h4-11,20H,1-3H3,(H,19,21). The van der Waals surface area contributed by atoms with Crippen molar-refractivity contribution < 1.29 is 17.9 Å². The lowest BCUT2D eigenvalue weighted by Gasteiger charge is -2.19. The number of ether oxygens (including phenoxy) is 1. The van der Waals surface area contributed by atoms with Crippen molar-refractivity contribution >= 4 is 43.4 Å². The van der Waals surface area contributed by atoms with Crippen LogP contribution in [0.3, 0.4) is 0 Å². The van der Waals surface area contributed by atoms with Crippen molar-refractivity contribution in [2.24, 2.45) is 0 Å². The molecule has 0 aliphatic carbocycles. The van der Waals surface area contributed by atoms with Crippen molar-refractivity contribution in [3.05, 3.63) is 53.0 Å². The first kappa shape index (κ1) is 19.3. The first-order valence-electron chi connectivity index (χ1n) is 7.44. The Hall–Kier alpha value is -2.06. The molecule has 2 rings (SSSR count). The molecule has 0 bridgehead atoms. The van der Waals surface area contributed by atoms with Crippen LogP contribution in [0.1, 0.15) is 20.8 Å². The highest BCUT2D eigenvalue weighted by atomic mass is 79.9. The summed E-state index contributed by atoms with van der Waals surface area (Å²) in [6, 6.07) is 12.7. The summed E-state index contributed by atoms with van der Waals surface area (Å²) in [7, 11) is -3.78. The number of rotatable bonds is 4. The van der Waals surface area contributed by atoms with Crippen molar-refractivity contribution in [3.8, 4) is 0 Å². The molecule has 1 amide bonds. The molecule has 134 valence electrons. The lowest BCUT2D eigenvalue weighted by atomic mass is 10.2. The SMILES string of the molecule is CC(C)(C)OC(=O)Nc1cccc(S(=O)(=O)Nc2ccc(Br)cc2)c1. The summed E-state index contributed by atoms with van der Waals surface area (Å²) in [5.41, 5.74) is 0.123. The Balaban J connectivity index is 2.16. The van der Waals surface area contributed by atoms with E-state index in [0.29, 0.717) is 11.4 Å². The highest BCUT2D eigenvalue weighted by Crippen LogP contribution is 2.21. The largest absolute Gasteiger partial charge is 0.444 e. The van der Waals surface area contributed by atoms with E-state index in [-0.39, 0.29) is 4.90 Å². The van der Waals surface area contributed by atoms with Gasteiger partial charge in [-0.15, -0.1) is 0 Å². The average molecular weight is 427 g/mol. The summed E-state index contributed by atoms with van der Waals surface area (Å²) in [6.45, 7) is 5.24. The van der Waals surface area contributed by atoms with Crippen LogP contribution in [0.5, 0.6) is 0 Å². The van der Waals surface area contributed by atoms with Gasteiger partial charge in [0.25, 0.3) is 10.0 Å². The Morgan fingerprint density at radius 3 is 2.28 bits per heavy atom. The molecule has 2 aromatic carbocycles. The first-order chi connectivity index (χ1) is 11.5. The molecule has 0 radical (unpaired) electrons. The minimum atomic E-state index is -3.78. The third-order valence-corrected chi connectivity index (χ3v) is 4.79. The van der Waals surface area contributed by atoms with Gasteiger partial charge in [0.15, 0.2) is 0 Å². The molecule has 6 nitrogen and oxygen atoms in total. The van der Waals surface area contributed by atoms with E-state index in [1.165, 1.54) is 12.1 Å². The summed E-state index contributed by atoms with van der Waals surface area (Å²) >= 11 is 3.29. The van der Waals surface area contributed by atoms with Gasteiger partial charge in [0.05, 0.1) is 4.90 Å². The van der Waals surface area contributed by atoms with E-state index in [4.69, 9.17) is 4.74 Å². The first-order valence-corrected chi connectivity index (χ1v) is 9.71. The highest BCUT2D eigenvalue weighted by Gasteiger charge is 2.18. The van der Waals surface area contributed by atoms with Gasteiger partial charge in [-0.05, 0) is 63.2 Å². The van der Waals surface area contributed by atoms with Crippen molar-refractivity contribution in [1.29, 1.82) is 0 Å². The van der Waals surface area contributed by atoms with Gasteiger partial charge >= 0.3 is 6.09 Å². The molecule has 0 spiro atoms. The molecule has 25 heavy (non-hydrogen) atoms. The van der Waals surface area contributed by atoms with Crippen molar-refractivity contribution in [2.75, 3.05) is 10.0 Å². The zero-order chi connectivity index (χ0) is 18.7. The molecule has 0 saturated heterocycles. The molecule has 8 heteroatoms. The van der Waals surface area contributed by atoms with Crippen LogP contribution in [-0.4, -0.2) is 20.1 Å². The maximum absolute atomic E-state index is 12.5. The van der Waals surface area contributed by atoms with Crippen LogP contribution in [0.4, 0.5) is 16.2 Å². The molecule has 0 aliphatic heterocycles. The third kappa shape index (κ3) is 6.06. The molecule has 2 N–H and O–H groups in total. The molecule has 2 aromatic rings. The van der Waals surface area contributed by atoms with Crippen LogP contribution < -0.4 is 10.0 Å². The fourth-order valence-corrected chi connectivity index (χ4v) is 3.26. The lowest BCUT2D eigenvalue weighted by molar-refractivity contribution is 0.0636. The van der Waals surface area contributed by atoms with Gasteiger partial charge in [0, 0.05) is 15.8 Å². The van der Waals surface area contributed by atoms with Gasteiger partial charge in [-0.25, -0.2) is 13.2 Å².